The van der Waals surface area contributed by atoms with Crippen LogP contribution in [0, 0.1) is 0 Å². The molecule has 0 unspecified atom stereocenters. The summed E-state index contributed by atoms with van der Waals surface area (Å²) >= 11 is 16.8. The van der Waals surface area contributed by atoms with Gasteiger partial charge in [-0.2, -0.15) is 0 Å². The van der Waals surface area contributed by atoms with E-state index in [4.69, 9.17) is 27.9 Å². The molecule has 0 aliphatic rings. The van der Waals surface area contributed by atoms with Crippen molar-refractivity contribution >= 4 is 62.9 Å². The first-order chi connectivity index (χ1) is 17.4. The molecule has 6 nitrogen and oxygen atoms in total. The molecule has 0 aliphatic carbocycles. The minimum atomic E-state index is -1.06. The van der Waals surface area contributed by atoms with Gasteiger partial charge in [0, 0.05) is 27.7 Å². The van der Waals surface area contributed by atoms with Gasteiger partial charge in [-0.3, -0.25) is 0 Å². The second kappa shape index (κ2) is 12.0. The fourth-order valence-electron chi connectivity index (χ4n) is 3.34. The van der Waals surface area contributed by atoms with Gasteiger partial charge >= 0.3 is 5.97 Å². The van der Waals surface area contributed by atoms with Crippen molar-refractivity contribution in [3.63, 3.8) is 0 Å². The number of aromatic nitrogens is 3. The highest BCUT2D eigenvalue weighted by Crippen LogP contribution is 2.33. The highest BCUT2D eigenvalue weighted by atomic mass is 79.9. The maximum Gasteiger partial charge on any atom is 0.342 e. The van der Waals surface area contributed by atoms with E-state index in [1.165, 1.54) is 0 Å². The zero-order chi connectivity index (χ0) is 25.7. The van der Waals surface area contributed by atoms with Crippen LogP contribution in [-0.2, 0) is 17.9 Å². The number of carbonyl (C=O) groups is 1. The first-order valence-corrected chi connectivity index (χ1v) is 13.2. The fourth-order valence-corrected chi connectivity index (χ4v) is 5.05. The topological polar surface area (TPSA) is 77.2 Å². The second-order valence-electron chi connectivity index (χ2n) is 7.54. The molecule has 0 fully saturated rings. The van der Waals surface area contributed by atoms with Crippen LogP contribution in [0.1, 0.15) is 18.1 Å². The van der Waals surface area contributed by atoms with Gasteiger partial charge in [0.25, 0.3) is 0 Å². The van der Waals surface area contributed by atoms with Crippen molar-refractivity contribution in [1.29, 1.82) is 0 Å². The van der Waals surface area contributed by atoms with Crippen LogP contribution in [0.3, 0.4) is 0 Å². The van der Waals surface area contributed by atoms with Gasteiger partial charge in [0.2, 0.25) is 0 Å². The third-order valence-corrected chi connectivity index (χ3v) is 7.38. The lowest BCUT2D eigenvalue weighted by molar-refractivity contribution is -0.131. The Balaban J connectivity index is 1.55. The number of thioether (sulfide) groups is 1. The minimum absolute atomic E-state index is 0.108. The number of hydrogen-bond donors (Lipinski definition) is 1. The summed E-state index contributed by atoms with van der Waals surface area (Å²) < 4.78 is 8.45. The Bertz CT molecular complexity index is 1420. The predicted molar refractivity (Wildman–Crippen MR) is 148 cm³/mol. The molecule has 0 radical (unpaired) electrons. The highest BCUT2D eigenvalue weighted by Gasteiger charge is 2.18. The molecular formula is C26H20BrCl2N3O3S. The number of carboxylic acids is 1. The number of hydrogen-bond acceptors (Lipinski definition) is 5. The lowest BCUT2D eigenvalue weighted by Crippen LogP contribution is -2.03. The molecule has 1 aromatic heterocycles. The molecular weight excluding hydrogens is 585 g/mol. The first kappa shape index (κ1) is 26.3. The van der Waals surface area contributed by atoms with Crippen molar-refractivity contribution in [1.82, 2.24) is 14.8 Å². The molecule has 36 heavy (non-hydrogen) atoms. The average molecular weight is 605 g/mol. The van der Waals surface area contributed by atoms with Crippen LogP contribution in [0.25, 0.3) is 17.5 Å². The lowest BCUT2D eigenvalue weighted by atomic mass is 10.2. The van der Waals surface area contributed by atoms with Crippen LogP contribution in [-0.4, -0.2) is 25.8 Å². The van der Waals surface area contributed by atoms with Crippen molar-refractivity contribution in [3.8, 4) is 17.1 Å². The van der Waals surface area contributed by atoms with E-state index in [0.717, 1.165) is 22.9 Å². The zero-order valence-electron chi connectivity index (χ0n) is 19.0. The number of rotatable bonds is 9. The van der Waals surface area contributed by atoms with Gasteiger partial charge in [-0.05, 0) is 88.7 Å². The van der Waals surface area contributed by atoms with E-state index >= 15 is 0 Å². The lowest BCUT2D eigenvalue weighted by Gasteiger charge is -2.10. The molecule has 0 aliphatic heterocycles. The molecule has 0 atom stereocenters. The maximum atomic E-state index is 12.1. The second-order valence-corrected chi connectivity index (χ2v) is 10.3. The molecule has 1 heterocycles. The summed E-state index contributed by atoms with van der Waals surface area (Å²) in [5, 5.41) is 20.1. The van der Waals surface area contributed by atoms with Crippen molar-refractivity contribution < 1.29 is 14.6 Å². The maximum absolute atomic E-state index is 12.1. The van der Waals surface area contributed by atoms with Crippen molar-refractivity contribution in [2.45, 2.75) is 25.2 Å². The van der Waals surface area contributed by atoms with E-state index in [1.807, 2.05) is 47.9 Å². The monoisotopic (exact) mass is 603 g/mol. The third-order valence-electron chi connectivity index (χ3n) is 5.14. The number of halogens is 3. The molecule has 4 aromatic rings. The van der Waals surface area contributed by atoms with Gasteiger partial charge in [-0.1, -0.05) is 47.5 Å². The van der Waals surface area contributed by atoms with Crippen molar-refractivity contribution in [3.05, 3.63) is 97.3 Å². The molecule has 0 amide bonds. The quantitative estimate of drug-likeness (QED) is 0.155. The molecule has 10 heteroatoms. The summed E-state index contributed by atoms with van der Waals surface area (Å²) in [7, 11) is 0. The largest absolute Gasteiger partial charge is 0.488 e. The number of aliphatic carboxylic acids is 1. The van der Waals surface area contributed by atoms with Gasteiger partial charge in [0.1, 0.15) is 17.3 Å². The Morgan fingerprint density at radius 2 is 1.86 bits per heavy atom. The minimum Gasteiger partial charge on any atom is -0.488 e. The third kappa shape index (κ3) is 6.31. The van der Waals surface area contributed by atoms with Crippen molar-refractivity contribution in [2.24, 2.45) is 0 Å². The van der Waals surface area contributed by atoms with Crippen LogP contribution in [0.15, 0.2) is 81.3 Å². The molecule has 1 N–H and O–H groups in total. The smallest absolute Gasteiger partial charge is 0.342 e. The van der Waals surface area contributed by atoms with E-state index < -0.39 is 5.97 Å². The van der Waals surface area contributed by atoms with Crippen molar-refractivity contribution in [2.75, 3.05) is 0 Å². The average Bonchev–Trinajstić information content (AvgIpc) is 3.27. The van der Waals surface area contributed by atoms with E-state index in [-0.39, 0.29) is 4.91 Å². The highest BCUT2D eigenvalue weighted by molar-refractivity contribution is 9.10. The van der Waals surface area contributed by atoms with Crippen LogP contribution >= 0.6 is 50.9 Å². The summed E-state index contributed by atoms with van der Waals surface area (Å²) in [6.45, 7) is 2.84. The standard InChI is InChI=1S/C26H20BrCl2N3O3S/c1-2-32-24(17-8-10-19(28)11-9-17)30-31-26(32)36-23(25(33)34)14-16-7-12-22(20(27)13-16)35-15-18-5-3-4-6-21(18)29/h3-14H,2,15H2,1H3,(H,33,34)/b23-14-. The number of carboxylic acid groups (broad SMARTS) is 1. The summed E-state index contributed by atoms with van der Waals surface area (Å²) in [5.74, 6) is 0.202. The number of ether oxygens (including phenoxy) is 1. The first-order valence-electron chi connectivity index (χ1n) is 10.8. The van der Waals surface area contributed by atoms with Gasteiger partial charge in [0.05, 0.1) is 4.47 Å². The Morgan fingerprint density at radius 3 is 2.53 bits per heavy atom. The van der Waals surface area contributed by atoms with E-state index in [1.54, 1.807) is 36.4 Å². The zero-order valence-corrected chi connectivity index (χ0v) is 22.9. The number of benzene rings is 3. The molecule has 184 valence electrons. The van der Waals surface area contributed by atoms with Crippen LogP contribution in [0.2, 0.25) is 10.0 Å². The Labute approximate surface area is 231 Å². The van der Waals surface area contributed by atoms with Gasteiger partial charge in [0.15, 0.2) is 11.0 Å². The Hall–Kier alpha value is -2.78. The predicted octanol–water partition coefficient (Wildman–Crippen LogP) is 7.83. The number of nitrogens with zero attached hydrogens (tertiary/aromatic N) is 3. The van der Waals surface area contributed by atoms with E-state index in [0.29, 0.717) is 50.0 Å². The summed E-state index contributed by atoms with van der Waals surface area (Å²) in [6.07, 6.45) is 1.59. The molecule has 0 spiro atoms. The summed E-state index contributed by atoms with van der Waals surface area (Å²) in [5.41, 5.74) is 2.41. The normalized spacial score (nSPS) is 11.5. The fraction of sp³-hybridized carbons (Fsp3) is 0.115. The Morgan fingerprint density at radius 1 is 1.11 bits per heavy atom. The molecule has 0 saturated carbocycles. The molecule has 3 aromatic carbocycles. The Kier molecular flexibility index (Phi) is 8.74. The SMILES string of the molecule is CCn1c(S/C(=C\c2ccc(OCc3ccccc3Cl)c(Br)c2)C(=O)O)nnc1-c1ccc(Cl)cc1. The van der Waals surface area contributed by atoms with Gasteiger partial charge in [-0.25, -0.2) is 4.79 Å². The van der Waals surface area contributed by atoms with Crippen LogP contribution in [0.5, 0.6) is 5.75 Å². The van der Waals surface area contributed by atoms with Gasteiger partial charge in [-0.15, -0.1) is 10.2 Å². The molecule has 0 saturated heterocycles. The van der Waals surface area contributed by atoms with Crippen LogP contribution < -0.4 is 4.74 Å². The summed E-state index contributed by atoms with van der Waals surface area (Å²) in [4.78, 5) is 12.2. The van der Waals surface area contributed by atoms with Gasteiger partial charge < -0.3 is 14.4 Å². The van der Waals surface area contributed by atoms with E-state index in [2.05, 4.69) is 26.1 Å². The molecule has 4 rings (SSSR count). The summed E-state index contributed by atoms with van der Waals surface area (Å²) in [6, 6.07) is 20.1. The van der Waals surface area contributed by atoms with Crippen LogP contribution in [0.4, 0.5) is 0 Å². The van der Waals surface area contributed by atoms with E-state index in [9.17, 15) is 9.90 Å². The molecule has 0 bridgehead atoms.